The van der Waals surface area contributed by atoms with Crippen LogP contribution in [0.4, 0.5) is 0 Å². The summed E-state index contributed by atoms with van der Waals surface area (Å²) in [6.45, 7) is 1.91. The molecule has 1 aromatic carbocycles. The lowest BCUT2D eigenvalue weighted by molar-refractivity contribution is 0.0699. The van der Waals surface area contributed by atoms with Gasteiger partial charge in [0.15, 0.2) is 0 Å². The minimum Gasteiger partial charge on any atom is -0.497 e. The molecule has 0 aliphatic rings. The highest BCUT2D eigenvalue weighted by Crippen LogP contribution is 2.26. The average Bonchev–Trinajstić information content (AvgIpc) is 2.61. The molecule has 0 spiro atoms. The van der Waals surface area contributed by atoms with E-state index < -0.39 is 5.97 Å². The minimum atomic E-state index is -0.936. The van der Waals surface area contributed by atoms with E-state index >= 15 is 0 Å². The Morgan fingerprint density at radius 3 is 2.80 bits per heavy atom. The van der Waals surface area contributed by atoms with E-state index in [0.717, 1.165) is 11.1 Å². The molecular weight excluding hydrogens is 194 g/mol. The fourth-order valence-corrected chi connectivity index (χ4v) is 1.67. The fourth-order valence-electron chi connectivity index (χ4n) is 1.67. The number of fused-ring (bicyclic) bond motifs is 1. The molecule has 0 aliphatic carbocycles. The first kappa shape index (κ1) is 9.58. The van der Waals surface area contributed by atoms with Crippen LogP contribution in [-0.2, 0) is 0 Å². The van der Waals surface area contributed by atoms with Crippen LogP contribution in [-0.4, -0.2) is 23.2 Å². The van der Waals surface area contributed by atoms with Crippen molar-refractivity contribution in [3.8, 4) is 5.75 Å². The first-order valence-corrected chi connectivity index (χ1v) is 4.52. The van der Waals surface area contributed by atoms with Gasteiger partial charge in [-0.05, 0) is 24.6 Å². The van der Waals surface area contributed by atoms with Gasteiger partial charge >= 0.3 is 5.97 Å². The van der Waals surface area contributed by atoms with Gasteiger partial charge in [-0.15, -0.1) is 0 Å². The van der Waals surface area contributed by atoms with Gasteiger partial charge in [0.2, 0.25) is 0 Å². The predicted octanol–water partition coefficient (Wildman–Crippen LogP) is 2.18. The average molecular weight is 205 g/mol. The van der Waals surface area contributed by atoms with Crippen molar-refractivity contribution >= 4 is 16.9 Å². The first-order chi connectivity index (χ1) is 7.13. The Kier molecular flexibility index (Phi) is 2.11. The lowest BCUT2D eigenvalue weighted by atomic mass is 10.1. The molecule has 0 saturated heterocycles. The third kappa shape index (κ3) is 1.44. The van der Waals surface area contributed by atoms with Crippen LogP contribution in [0.1, 0.15) is 15.9 Å². The molecule has 0 bridgehead atoms. The van der Waals surface area contributed by atoms with Crippen molar-refractivity contribution in [2.24, 2.45) is 0 Å². The largest absolute Gasteiger partial charge is 0.497 e. The summed E-state index contributed by atoms with van der Waals surface area (Å²) in [4.78, 5) is 13.9. The van der Waals surface area contributed by atoms with E-state index in [1.54, 1.807) is 13.2 Å². The van der Waals surface area contributed by atoms with E-state index in [9.17, 15) is 4.79 Å². The summed E-state index contributed by atoms with van der Waals surface area (Å²) in [5, 5.41) is 9.65. The number of carboxylic acids is 1. The lowest BCUT2D eigenvalue weighted by Gasteiger charge is -2.03. The summed E-state index contributed by atoms with van der Waals surface area (Å²) in [5.41, 5.74) is 2.08. The molecule has 0 amide bonds. The van der Waals surface area contributed by atoms with E-state index in [1.807, 2.05) is 13.0 Å². The van der Waals surface area contributed by atoms with Crippen LogP contribution in [0, 0.1) is 6.92 Å². The number of hydrogen-bond acceptors (Lipinski definition) is 2. The number of ether oxygens (including phenoxy) is 1. The van der Waals surface area contributed by atoms with Crippen molar-refractivity contribution in [3.05, 3.63) is 29.5 Å². The number of aromatic amines is 1. The van der Waals surface area contributed by atoms with Crippen LogP contribution in [0.15, 0.2) is 18.3 Å². The number of H-pyrrole nitrogens is 1. The molecule has 15 heavy (non-hydrogen) atoms. The van der Waals surface area contributed by atoms with Crippen molar-refractivity contribution in [1.29, 1.82) is 0 Å². The smallest absolute Gasteiger partial charge is 0.337 e. The summed E-state index contributed by atoms with van der Waals surface area (Å²) in [6.07, 6.45) is 1.50. The number of carboxylic acid groups (broad SMARTS) is 1. The van der Waals surface area contributed by atoms with Gasteiger partial charge in [-0.1, -0.05) is 0 Å². The van der Waals surface area contributed by atoms with Crippen LogP contribution < -0.4 is 4.74 Å². The number of methoxy groups -OCH3 is 1. The van der Waals surface area contributed by atoms with Gasteiger partial charge in [-0.2, -0.15) is 0 Å². The molecule has 0 unspecified atom stereocenters. The number of aromatic carboxylic acids is 1. The van der Waals surface area contributed by atoms with Gasteiger partial charge in [-0.3, -0.25) is 0 Å². The summed E-state index contributed by atoms with van der Waals surface area (Å²) in [6, 6.07) is 3.59. The van der Waals surface area contributed by atoms with E-state index in [2.05, 4.69) is 4.98 Å². The third-order valence-corrected chi connectivity index (χ3v) is 2.43. The maximum atomic E-state index is 10.9. The molecule has 2 rings (SSSR count). The van der Waals surface area contributed by atoms with Crippen molar-refractivity contribution < 1.29 is 14.6 Å². The molecule has 1 aromatic heterocycles. The van der Waals surface area contributed by atoms with E-state index in [-0.39, 0.29) is 5.56 Å². The van der Waals surface area contributed by atoms with E-state index in [4.69, 9.17) is 9.84 Å². The Morgan fingerprint density at radius 1 is 1.47 bits per heavy atom. The maximum absolute atomic E-state index is 10.9. The highest BCUT2D eigenvalue weighted by Gasteiger charge is 2.12. The normalized spacial score (nSPS) is 10.5. The minimum absolute atomic E-state index is 0.270. The number of hydrogen-bond donors (Lipinski definition) is 2. The number of benzene rings is 1. The first-order valence-electron chi connectivity index (χ1n) is 4.52. The van der Waals surface area contributed by atoms with Crippen molar-refractivity contribution in [2.45, 2.75) is 6.92 Å². The molecule has 78 valence electrons. The lowest BCUT2D eigenvalue weighted by Crippen LogP contribution is -1.94. The second-order valence-corrected chi connectivity index (χ2v) is 3.37. The van der Waals surface area contributed by atoms with E-state index in [0.29, 0.717) is 11.1 Å². The van der Waals surface area contributed by atoms with Crippen LogP contribution in [0.2, 0.25) is 0 Å². The number of aryl methyl sites for hydroxylation is 1. The molecule has 0 aliphatic heterocycles. The Hall–Kier alpha value is -1.97. The molecule has 4 heteroatoms. The molecule has 2 N–H and O–H groups in total. The summed E-state index contributed by atoms with van der Waals surface area (Å²) in [7, 11) is 1.56. The zero-order chi connectivity index (χ0) is 11.0. The molecule has 0 atom stereocenters. The van der Waals surface area contributed by atoms with Crippen LogP contribution in [0.5, 0.6) is 5.75 Å². The third-order valence-electron chi connectivity index (χ3n) is 2.43. The highest BCUT2D eigenvalue weighted by molar-refractivity contribution is 6.04. The van der Waals surface area contributed by atoms with Gasteiger partial charge in [0, 0.05) is 17.1 Å². The van der Waals surface area contributed by atoms with Crippen LogP contribution in [0.25, 0.3) is 10.9 Å². The monoisotopic (exact) mass is 205 g/mol. The van der Waals surface area contributed by atoms with Crippen LogP contribution >= 0.6 is 0 Å². The van der Waals surface area contributed by atoms with Gasteiger partial charge in [0.1, 0.15) is 5.75 Å². The number of rotatable bonds is 2. The second kappa shape index (κ2) is 3.31. The predicted molar refractivity (Wildman–Crippen MR) is 56.5 cm³/mol. The molecule has 0 saturated carbocycles. The van der Waals surface area contributed by atoms with Crippen LogP contribution in [0.3, 0.4) is 0 Å². The fraction of sp³-hybridized carbons (Fsp3) is 0.182. The van der Waals surface area contributed by atoms with Crippen molar-refractivity contribution in [2.75, 3.05) is 7.11 Å². The quantitative estimate of drug-likeness (QED) is 0.789. The van der Waals surface area contributed by atoms with Gasteiger partial charge in [0.05, 0.1) is 12.7 Å². The second-order valence-electron chi connectivity index (χ2n) is 3.37. The summed E-state index contributed by atoms with van der Waals surface area (Å²) in [5.74, 6) is -0.268. The molecule has 4 nitrogen and oxygen atoms in total. The Labute approximate surface area is 86.5 Å². The zero-order valence-corrected chi connectivity index (χ0v) is 8.50. The molecule has 0 fully saturated rings. The van der Waals surface area contributed by atoms with E-state index in [1.165, 1.54) is 6.20 Å². The molecule has 0 radical (unpaired) electrons. The van der Waals surface area contributed by atoms with Gasteiger partial charge in [-0.25, -0.2) is 4.79 Å². The number of carbonyl (C=O) groups is 1. The summed E-state index contributed by atoms with van der Waals surface area (Å²) < 4.78 is 5.10. The van der Waals surface area contributed by atoms with Gasteiger partial charge in [0.25, 0.3) is 0 Å². The van der Waals surface area contributed by atoms with Gasteiger partial charge < -0.3 is 14.8 Å². The zero-order valence-electron chi connectivity index (χ0n) is 8.50. The summed E-state index contributed by atoms with van der Waals surface area (Å²) >= 11 is 0. The topological polar surface area (TPSA) is 62.3 Å². The SMILES string of the molecule is COc1cc(C)c2[nH]cc(C(=O)O)c2c1. The standard InChI is InChI=1S/C11H11NO3/c1-6-3-7(15-2)4-8-9(11(13)14)5-12-10(6)8/h3-5,12H,1-2H3,(H,13,14). The highest BCUT2D eigenvalue weighted by atomic mass is 16.5. The number of aromatic nitrogens is 1. The Morgan fingerprint density at radius 2 is 2.20 bits per heavy atom. The molecule has 1 heterocycles. The van der Waals surface area contributed by atoms with Crippen molar-refractivity contribution in [1.82, 2.24) is 4.98 Å². The maximum Gasteiger partial charge on any atom is 0.337 e. The Bertz CT molecular complexity index is 528. The molecular formula is C11H11NO3. The Balaban J connectivity index is 2.78. The molecule has 2 aromatic rings. The number of nitrogens with one attached hydrogen (secondary N) is 1. The van der Waals surface area contributed by atoms with Crippen molar-refractivity contribution in [3.63, 3.8) is 0 Å².